The number of carbonyl (C=O) groups excluding carboxylic acids is 1. The van der Waals surface area contributed by atoms with Gasteiger partial charge in [-0.1, -0.05) is 0 Å². The smallest absolute Gasteiger partial charge is 0.257 e. The van der Waals surface area contributed by atoms with E-state index in [9.17, 15) is 4.79 Å². The van der Waals surface area contributed by atoms with Crippen LogP contribution in [0.1, 0.15) is 0 Å². The summed E-state index contributed by atoms with van der Waals surface area (Å²) in [5.74, 6) is -0.554. The Kier molecular flexibility index (Phi) is 2.99. The third kappa shape index (κ3) is 2.42. The molecule has 0 saturated carbocycles. The van der Waals surface area contributed by atoms with E-state index in [0.29, 0.717) is 4.73 Å². The number of nitrogens with zero attached hydrogens (tertiary/aromatic N) is 3. The van der Waals surface area contributed by atoms with E-state index in [1.54, 1.807) is 0 Å². The quantitative estimate of drug-likeness (QED) is 0.817. The molecule has 0 aliphatic rings. The average molecular weight is 296 g/mol. The van der Waals surface area contributed by atoms with Gasteiger partial charge in [-0.2, -0.15) is 0 Å². The number of aromatic nitrogens is 3. The van der Waals surface area contributed by atoms with Crippen LogP contribution in [0.15, 0.2) is 15.5 Å². The number of hydrogen-bond acceptors (Lipinski definition) is 3. The van der Waals surface area contributed by atoms with Crippen LogP contribution < -0.4 is 5.73 Å². The molecule has 1 amide bonds. The standard InChI is InChI=1S/C5H4Br2N4O/c6-3(4(8)12)1-11-2-9-5(7)10-11/h1-2H,(H2,8,12)/b3-1-. The number of hydrogen-bond donors (Lipinski definition) is 1. The minimum Gasteiger partial charge on any atom is -0.365 e. The maximum Gasteiger partial charge on any atom is 0.257 e. The van der Waals surface area contributed by atoms with Crippen LogP contribution in [0.5, 0.6) is 0 Å². The van der Waals surface area contributed by atoms with E-state index < -0.39 is 5.91 Å². The summed E-state index contributed by atoms with van der Waals surface area (Å²) < 4.78 is 2.04. The highest BCUT2D eigenvalue weighted by Crippen LogP contribution is 2.06. The van der Waals surface area contributed by atoms with Gasteiger partial charge in [-0.3, -0.25) is 4.79 Å². The fourth-order valence-electron chi connectivity index (χ4n) is 0.496. The van der Waals surface area contributed by atoms with E-state index in [1.807, 2.05) is 0 Å². The zero-order valence-corrected chi connectivity index (χ0v) is 8.91. The highest BCUT2D eigenvalue weighted by molar-refractivity contribution is 9.12. The van der Waals surface area contributed by atoms with Gasteiger partial charge in [-0.25, -0.2) is 9.67 Å². The van der Waals surface area contributed by atoms with E-state index >= 15 is 0 Å². The zero-order chi connectivity index (χ0) is 9.14. The summed E-state index contributed by atoms with van der Waals surface area (Å²) in [5, 5.41) is 3.84. The monoisotopic (exact) mass is 294 g/mol. The van der Waals surface area contributed by atoms with Gasteiger partial charge in [0.2, 0.25) is 4.73 Å². The van der Waals surface area contributed by atoms with Gasteiger partial charge in [0.25, 0.3) is 5.91 Å². The van der Waals surface area contributed by atoms with Gasteiger partial charge in [-0.15, -0.1) is 5.10 Å². The fraction of sp³-hybridized carbons (Fsp3) is 0. The Bertz CT molecular complexity index is 332. The number of primary amides is 1. The van der Waals surface area contributed by atoms with Crippen molar-refractivity contribution in [2.24, 2.45) is 5.73 Å². The fourth-order valence-corrected chi connectivity index (χ4v) is 0.980. The summed E-state index contributed by atoms with van der Waals surface area (Å²) in [4.78, 5) is 14.3. The molecule has 1 aromatic heterocycles. The van der Waals surface area contributed by atoms with Crippen LogP contribution in [0.4, 0.5) is 0 Å². The third-order valence-corrected chi connectivity index (χ3v) is 1.92. The first-order chi connectivity index (χ1) is 5.59. The van der Waals surface area contributed by atoms with Crippen molar-refractivity contribution in [3.05, 3.63) is 15.5 Å². The van der Waals surface area contributed by atoms with Crippen LogP contribution in [-0.2, 0) is 4.79 Å². The molecule has 64 valence electrons. The molecule has 0 spiro atoms. The molecule has 0 aromatic carbocycles. The van der Waals surface area contributed by atoms with Gasteiger partial charge in [0, 0.05) is 0 Å². The van der Waals surface area contributed by atoms with E-state index in [4.69, 9.17) is 5.73 Å². The number of nitrogens with two attached hydrogens (primary N) is 1. The summed E-state index contributed by atoms with van der Waals surface area (Å²) in [6, 6.07) is 0. The summed E-state index contributed by atoms with van der Waals surface area (Å²) in [7, 11) is 0. The first-order valence-corrected chi connectivity index (χ1v) is 4.42. The average Bonchev–Trinajstić information content (AvgIpc) is 2.35. The van der Waals surface area contributed by atoms with E-state index in [1.165, 1.54) is 17.2 Å². The normalized spacial score (nSPS) is 11.7. The lowest BCUT2D eigenvalue weighted by atomic mass is 10.6. The van der Waals surface area contributed by atoms with Crippen molar-refractivity contribution in [1.29, 1.82) is 0 Å². The molecule has 0 bridgehead atoms. The molecule has 2 N–H and O–H groups in total. The second kappa shape index (κ2) is 3.81. The molecule has 7 heteroatoms. The van der Waals surface area contributed by atoms with Gasteiger partial charge >= 0.3 is 0 Å². The minimum absolute atomic E-state index is 0.236. The predicted molar refractivity (Wildman–Crippen MR) is 50.1 cm³/mol. The summed E-state index contributed by atoms with van der Waals surface area (Å²) >= 11 is 6.03. The molecule has 0 fully saturated rings. The molecule has 12 heavy (non-hydrogen) atoms. The lowest BCUT2D eigenvalue weighted by Crippen LogP contribution is -2.10. The topological polar surface area (TPSA) is 73.8 Å². The van der Waals surface area contributed by atoms with Crippen molar-refractivity contribution in [3.8, 4) is 0 Å². The highest BCUT2D eigenvalue weighted by Gasteiger charge is 2.00. The summed E-state index contributed by atoms with van der Waals surface area (Å²) in [5.41, 5.74) is 4.96. The Morgan fingerprint density at radius 3 is 2.83 bits per heavy atom. The molecular formula is C5H4Br2N4O. The summed E-state index contributed by atoms with van der Waals surface area (Å²) in [6.07, 6.45) is 2.86. The Morgan fingerprint density at radius 1 is 1.75 bits per heavy atom. The molecule has 0 atom stereocenters. The lowest BCUT2D eigenvalue weighted by molar-refractivity contribution is -0.113. The molecule has 0 unspecified atom stereocenters. The lowest BCUT2D eigenvalue weighted by Gasteiger charge is -1.90. The Labute approximate surface area is 84.9 Å². The first-order valence-electron chi connectivity index (χ1n) is 2.83. The minimum atomic E-state index is -0.554. The molecule has 0 aliphatic carbocycles. The molecule has 0 radical (unpaired) electrons. The zero-order valence-electron chi connectivity index (χ0n) is 5.74. The number of amides is 1. The number of halogens is 2. The van der Waals surface area contributed by atoms with Crippen molar-refractivity contribution in [2.75, 3.05) is 0 Å². The van der Waals surface area contributed by atoms with Crippen LogP contribution >= 0.6 is 31.9 Å². The van der Waals surface area contributed by atoms with Crippen LogP contribution in [-0.4, -0.2) is 20.7 Å². The van der Waals surface area contributed by atoms with Gasteiger partial charge in [0.05, 0.1) is 6.20 Å². The second-order valence-electron chi connectivity index (χ2n) is 1.83. The summed E-state index contributed by atoms with van der Waals surface area (Å²) in [6.45, 7) is 0. The van der Waals surface area contributed by atoms with Crippen molar-refractivity contribution in [2.45, 2.75) is 0 Å². The van der Waals surface area contributed by atoms with E-state index in [-0.39, 0.29) is 4.48 Å². The molecule has 0 saturated heterocycles. The van der Waals surface area contributed by atoms with Gasteiger partial charge in [0.1, 0.15) is 10.8 Å². The SMILES string of the molecule is NC(=O)/C(Br)=C/n1cnc(Br)n1. The molecule has 1 aromatic rings. The maximum atomic E-state index is 10.5. The third-order valence-electron chi connectivity index (χ3n) is 0.962. The largest absolute Gasteiger partial charge is 0.365 e. The van der Waals surface area contributed by atoms with Crippen LogP contribution in [0, 0.1) is 0 Å². The number of rotatable bonds is 2. The highest BCUT2D eigenvalue weighted by atomic mass is 79.9. The number of carbonyl (C=O) groups is 1. The molecule has 1 rings (SSSR count). The van der Waals surface area contributed by atoms with Gasteiger partial charge < -0.3 is 5.73 Å². The van der Waals surface area contributed by atoms with E-state index in [2.05, 4.69) is 41.9 Å². The van der Waals surface area contributed by atoms with Gasteiger partial charge in [-0.05, 0) is 31.9 Å². The second-order valence-corrected chi connectivity index (χ2v) is 3.40. The van der Waals surface area contributed by atoms with Crippen molar-refractivity contribution in [1.82, 2.24) is 14.8 Å². The van der Waals surface area contributed by atoms with E-state index in [0.717, 1.165) is 0 Å². The molecule has 1 heterocycles. The predicted octanol–water partition coefficient (Wildman–Crippen LogP) is 0.719. The molecule has 5 nitrogen and oxygen atoms in total. The molecule has 0 aliphatic heterocycles. The Hall–Kier alpha value is -0.690. The Morgan fingerprint density at radius 2 is 2.42 bits per heavy atom. The van der Waals surface area contributed by atoms with Crippen molar-refractivity contribution < 1.29 is 4.79 Å². The van der Waals surface area contributed by atoms with Crippen LogP contribution in [0.3, 0.4) is 0 Å². The van der Waals surface area contributed by atoms with Crippen molar-refractivity contribution in [3.63, 3.8) is 0 Å². The van der Waals surface area contributed by atoms with Crippen molar-refractivity contribution >= 4 is 44.0 Å². The maximum absolute atomic E-state index is 10.5. The van der Waals surface area contributed by atoms with Crippen LogP contribution in [0.25, 0.3) is 6.20 Å². The van der Waals surface area contributed by atoms with Gasteiger partial charge in [0.15, 0.2) is 0 Å². The Balaban J connectivity index is 2.87. The van der Waals surface area contributed by atoms with Crippen LogP contribution in [0.2, 0.25) is 0 Å². The first kappa shape index (κ1) is 9.40. The molecular weight excluding hydrogens is 292 g/mol.